The zero-order chi connectivity index (χ0) is 10.9. The highest BCUT2D eigenvalue weighted by Gasteiger charge is 2.30. The summed E-state index contributed by atoms with van der Waals surface area (Å²) in [5.74, 6) is 0. The van der Waals surface area contributed by atoms with Crippen LogP contribution in [-0.4, -0.2) is 14.1 Å². The molecule has 0 spiro atoms. The molecule has 0 N–H and O–H groups in total. The lowest BCUT2D eigenvalue weighted by atomic mass is 9.81. The SMILES string of the molecule is CN(C)c1ccc(C2(C)CCCC2)cc1. The van der Waals surface area contributed by atoms with E-state index in [4.69, 9.17) is 0 Å². The van der Waals surface area contributed by atoms with Crippen LogP contribution in [0, 0.1) is 0 Å². The summed E-state index contributed by atoms with van der Waals surface area (Å²) in [6.07, 6.45) is 5.50. The quantitative estimate of drug-likeness (QED) is 0.710. The fourth-order valence-electron chi connectivity index (χ4n) is 2.61. The Morgan fingerprint density at radius 2 is 1.53 bits per heavy atom. The molecule has 0 aliphatic heterocycles. The van der Waals surface area contributed by atoms with Crippen molar-refractivity contribution in [1.29, 1.82) is 0 Å². The minimum absolute atomic E-state index is 0.449. The Bertz CT molecular complexity index is 318. The van der Waals surface area contributed by atoms with Crippen LogP contribution in [0.25, 0.3) is 0 Å². The Morgan fingerprint density at radius 1 is 1.00 bits per heavy atom. The predicted molar refractivity (Wildman–Crippen MR) is 66.6 cm³/mol. The van der Waals surface area contributed by atoms with Crippen LogP contribution in [0.15, 0.2) is 24.3 Å². The summed E-state index contributed by atoms with van der Waals surface area (Å²) >= 11 is 0. The molecular weight excluding hydrogens is 182 g/mol. The molecule has 1 aromatic rings. The van der Waals surface area contributed by atoms with Gasteiger partial charge in [0.2, 0.25) is 0 Å². The molecule has 1 aliphatic rings. The van der Waals surface area contributed by atoms with Crippen molar-refractivity contribution in [2.75, 3.05) is 19.0 Å². The third-order valence-electron chi connectivity index (χ3n) is 3.79. The lowest BCUT2D eigenvalue weighted by Gasteiger charge is -2.25. The van der Waals surface area contributed by atoms with Gasteiger partial charge in [0.25, 0.3) is 0 Å². The highest BCUT2D eigenvalue weighted by Crippen LogP contribution is 2.40. The minimum Gasteiger partial charge on any atom is -0.378 e. The van der Waals surface area contributed by atoms with E-state index in [2.05, 4.69) is 50.2 Å². The van der Waals surface area contributed by atoms with E-state index in [0.717, 1.165) is 0 Å². The zero-order valence-corrected chi connectivity index (χ0v) is 10.1. The van der Waals surface area contributed by atoms with E-state index in [1.165, 1.54) is 36.9 Å². The van der Waals surface area contributed by atoms with Crippen LogP contribution < -0.4 is 4.90 Å². The Balaban J connectivity index is 2.23. The number of hydrogen-bond donors (Lipinski definition) is 0. The smallest absolute Gasteiger partial charge is 0.0361 e. The van der Waals surface area contributed by atoms with E-state index in [-0.39, 0.29) is 0 Å². The number of nitrogens with zero attached hydrogens (tertiary/aromatic N) is 1. The first-order valence-electron chi connectivity index (χ1n) is 5.90. The van der Waals surface area contributed by atoms with Crippen molar-refractivity contribution in [2.24, 2.45) is 0 Å². The number of rotatable bonds is 2. The van der Waals surface area contributed by atoms with Crippen LogP contribution in [0.4, 0.5) is 5.69 Å². The summed E-state index contributed by atoms with van der Waals surface area (Å²) in [7, 11) is 4.18. The summed E-state index contributed by atoms with van der Waals surface area (Å²) in [6.45, 7) is 2.41. The minimum atomic E-state index is 0.449. The second-order valence-corrected chi connectivity index (χ2v) is 5.21. The van der Waals surface area contributed by atoms with Crippen LogP contribution in [0.2, 0.25) is 0 Å². The third kappa shape index (κ3) is 2.01. The van der Waals surface area contributed by atoms with Gasteiger partial charge in [-0.25, -0.2) is 0 Å². The van der Waals surface area contributed by atoms with Gasteiger partial charge in [0, 0.05) is 19.8 Å². The lowest BCUT2D eigenvalue weighted by Crippen LogP contribution is -2.17. The van der Waals surface area contributed by atoms with Crippen LogP contribution in [0.3, 0.4) is 0 Å². The molecule has 15 heavy (non-hydrogen) atoms. The van der Waals surface area contributed by atoms with E-state index < -0.39 is 0 Å². The molecule has 1 saturated carbocycles. The monoisotopic (exact) mass is 203 g/mol. The van der Waals surface area contributed by atoms with E-state index >= 15 is 0 Å². The highest BCUT2D eigenvalue weighted by molar-refractivity contribution is 5.47. The van der Waals surface area contributed by atoms with Gasteiger partial charge in [-0.05, 0) is 36.0 Å². The van der Waals surface area contributed by atoms with Crippen molar-refractivity contribution in [1.82, 2.24) is 0 Å². The fourth-order valence-corrected chi connectivity index (χ4v) is 2.61. The first-order valence-corrected chi connectivity index (χ1v) is 5.90. The highest BCUT2D eigenvalue weighted by atomic mass is 15.1. The first kappa shape index (κ1) is 10.5. The van der Waals surface area contributed by atoms with Crippen molar-refractivity contribution < 1.29 is 0 Å². The van der Waals surface area contributed by atoms with Crippen LogP contribution in [-0.2, 0) is 5.41 Å². The van der Waals surface area contributed by atoms with Gasteiger partial charge >= 0.3 is 0 Å². The summed E-state index contributed by atoms with van der Waals surface area (Å²) in [4.78, 5) is 2.15. The molecule has 1 heteroatoms. The standard InChI is InChI=1S/C14H21N/c1-14(10-4-5-11-14)12-6-8-13(9-7-12)15(2)3/h6-9H,4-5,10-11H2,1-3H3. The Morgan fingerprint density at radius 3 is 2.00 bits per heavy atom. The Kier molecular flexibility index (Phi) is 2.72. The summed E-state index contributed by atoms with van der Waals surface area (Å²) in [5, 5.41) is 0. The second kappa shape index (κ2) is 3.88. The molecule has 0 aromatic heterocycles. The van der Waals surface area contributed by atoms with Crippen LogP contribution >= 0.6 is 0 Å². The molecule has 1 fully saturated rings. The summed E-state index contributed by atoms with van der Waals surface area (Å²) in [5.41, 5.74) is 3.26. The van der Waals surface area contributed by atoms with Gasteiger partial charge in [-0.15, -0.1) is 0 Å². The van der Waals surface area contributed by atoms with E-state index in [9.17, 15) is 0 Å². The maximum Gasteiger partial charge on any atom is 0.0361 e. The van der Waals surface area contributed by atoms with E-state index in [1.54, 1.807) is 0 Å². The fraction of sp³-hybridized carbons (Fsp3) is 0.571. The van der Waals surface area contributed by atoms with Gasteiger partial charge in [0.15, 0.2) is 0 Å². The van der Waals surface area contributed by atoms with Crippen molar-refractivity contribution >= 4 is 5.69 Å². The van der Waals surface area contributed by atoms with Crippen molar-refractivity contribution in [3.8, 4) is 0 Å². The van der Waals surface area contributed by atoms with E-state index in [1.807, 2.05) is 0 Å². The molecule has 0 saturated heterocycles. The number of benzene rings is 1. The molecule has 2 rings (SSSR count). The maximum absolute atomic E-state index is 2.41. The molecule has 0 unspecified atom stereocenters. The van der Waals surface area contributed by atoms with E-state index in [0.29, 0.717) is 5.41 Å². The molecule has 1 aliphatic carbocycles. The van der Waals surface area contributed by atoms with Crippen molar-refractivity contribution in [2.45, 2.75) is 38.0 Å². The molecule has 0 heterocycles. The van der Waals surface area contributed by atoms with Gasteiger partial charge in [0.1, 0.15) is 0 Å². The molecule has 1 aromatic carbocycles. The van der Waals surface area contributed by atoms with Crippen molar-refractivity contribution in [3.05, 3.63) is 29.8 Å². The predicted octanol–water partition coefficient (Wildman–Crippen LogP) is 3.58. The zero-order valence-electron chi connectivity index (χ0n) is 10.1. The number of anilines is 1. The van der Waals surface area contributed by atoms with Gasteiger partial charge in [-0.3, -0.25) is 0 Å². The van der Waals surface area contributed by atoms with Crippen molar-refractivity contribution in [3.63, 3.8) is 0 Å². The molecule has 0 bridgehead atoms. The van der Waals surface area contributed by atoms with Gasteiger partial charge in [-0.2, -0.15) is 0 Å². The van der Waals surface area contributed by atoms with Crippen LogP contribution in [0.5, 0.6) is 0 Å². The molecule has 0 amide bonds. The Hall–Kier alpha value is -0.980. The molecule has 0 atom stereocenters. The average Bonchev–Trinajstić information content (AvgIpc) is 2.67. The topological polar surface area (TPSA) is 3.24 Å². The molecule has 1 nitrogen and oxygen atoms in total. The second-order valence-electron chi connectivity index (χ2n) is 5.21. The van der Waals surface area contributed by atoms with Gasteiger partial charge < -0.3 is 4.90 Å². The lowest BCUT2D eigenvalue weighted by molar-refractivity contribution is 0.491. The summed E-state index contributed by atoms with van der Waals surface area (Å²) in [6, 6.07) is 9.08. The number of hydrogen-bond acceptors (Lipinski definition) is 1. The average molecular weight is 203 g/mol. The normalized spacial score (nSPS) is 19.1. The first-order chi connectivity index (χ1) is 7.12. The van der Waals surface area contributed by atoms with Crippen LogP contribution in [0.1, 0.15) is 38.2 Å². The van der Waals surface area contributed by atoms with Gasteiger partial charge in [0.05, 0.1) is 0 Å². The largest absolute Gasteiger partial charge is 0.378 e. The molecular formula is C14H21N. The maximum atomic E-state index is 2.41. The summed E-state index contributed by atoms with van der Waals surface area (Å²) < 4.78 is 0. The van der Waals surface area contributed by atoms with Gasteiger partial charge in [-0.1, -0.05) is 31.9 Å². The molecule has 82 valence electrons. The molecule has 0 radical (unpaired) electrons. The third-order valence-corrected chi connectivity index (χ3v) is 3.79. The Labute approximate surface area is 93.1 Å².